The number of ether oxygens (including phenoxy) is 12. The molecule has 98 heavy (non-hydrogen) atoms. The number of nitrogens with one attached hydrogen (secondary N) is 3. The summed E-state index contributed by atoms with van der Waals surface area (Å²) in [5, 5.41) is 141. The third-order valence-electron chi connectivity index (χ3n) is 14.5. The second kappa shape index (κ2) is 33.2. The van der Waals surface area contributed by atoms with Crippen LogP contribution < -0.4 is 19.9 Å². The van der Waals surface area contributed by atoms with Gasteiger partial charge in [-0.1, -0.05) is 0 Å². The van der Waals surface area contributed by atoms with E-state index in [0.29, 0.717) is 0 Å². The molecule has 6 aliphatic heterocycles. The molecule has 0 bridgehead atoms. The topological polar surface area (TPSA) is 841 Å². The third-order valence-corrected chi connectivity index (χ3v) is 17.6. The van der Waals surface area contributed by atoms with Crippen LogP contribution in [0.15, 0.2) is 0 Å². The molecule has 6 fully saturated rings. The van der Waals surface area contributed by atoms with E-state index in [2.05, 4.69) is 12.5 Å². The van der Waals surface area contributed by atoms with Crippen LogP contribution in [-0.2, 0) is 146 Å². The summed E-state index contributed by atoms with van der Waals surface area (Å²) in [6.45, 7) is -5.04. The van der Waals surface area contributed by atoms with Crippen LogP contribution in [0, 0.1) is 0 Å². The molecule has 53 nitrogen and oxygen atoms in total. The first-order chi connectivity index (χ1) is 45.0. The van der Waals surface area contributed by atoms with Crippen molar-refractivity contribution in [3.05, 3.63) is 0 Å². The molecule has 0 saturated carbocycles. The van der Waals surface area contributed by atoms with Gasteiger partial charge in [-0.2, -0.15) is 64.7 Å². The van der Waals surface area contributed by atoms with E-state index in [-0.39, 0.29) is 13.0 Å². The minimum atomic E-state index is -6.12. The van der Waals surface area contributed by atoms with E-state index >= 15 is 0 Å². The van der Waals surface area contributed by atoms with Gasteiger partial charge in [0.05, 0.1) is 26.4 Å². The van der Waals surface area contributed by atoms with Crippen molar-refractivity contribution < 1.29 is 228 Å². The van der Waals surface area contributed by atoms with Crippen LogP contribution >= 0.6 is 0 Å². The summed E-state index contributed by atoms with van der Waals surface area (Å²) in [4.78, 5) is 38.4. The Morgan fingerprint density at radius 1 is 0.357 bits per heavy atom. The van der Waals surface area contributed by atoms with Crippen LogP contribution in [0.2, 0.25) is 0 Å². The molecule has 24 N–H and O–H groups in total. The van der Waals surface area contributed by atoms with E-state index in [1.54, 1.807) is 0 Å². The maximum Gasteiger partial charge on any atom is 0.397 e. The molecular weight excluding hydrogens is 1500 g/mol. The van der Waals surface area contributed by atoms with Crippen LogP contribution in [0.3, 0.4) is 0 Å². The van der Waals surface area contributed by atoms with Gasteiger partial charge in [0.2, 0.25) is 0 Å². The fourth-order valence-corrected chi connectivity index (χ4v) is 13.7. The molecule has 6 saturated heterocycles. The van der Waals surface area contributed by atoms with Gasteiger partial charge in [-0.25, -0.2) is 26.9 Å². The normalized spacial score (nSPS) is 41.1. The summed E-state index contributed by atoms with van der Waals surface area (Å²) < 4.78 is 287. The van der Waals surface area contributed by atoms with Gasteiger partial charge in [0.15, 0.2) is 74.4 Å². The fourth-order valence-electron chi connectivity index (χ4n) is 10.5. The van der Waals surface area contributed by atoms with Crippen LogP contribution in [0.4, 0.5) is 0 Å². The highest BCUT2D eigenvalue weighted by Gasteiger charge is 2.62. The Bertz CT molecular complexity index is 3440. The molecule has 0 amide bonds. The minimum Gasteiger partial charge on any atom is -0.479 e. The Kier molecular flexibility index (Phi) is 28.4. The molecule has 0 aromatic carbocycles. The second-order valence-corrected chi connectivity index (χ2v) is 27.9. The maximum absolute atomic E-state index is 13.1. The zero-order valence-electron chi connectivity index (χ0n) is 48.3. The van der Waals surface area contributed by atoms with Gasteiger partial charge in [0.25, 0.3) is 0 Å². The molecule has 0 aromatic heterocycles. The molecule has 0 aliphatic carbocycles. The monoisotopic (exact) mass is 1570 g/mol. The molecule has 572 valence electrons. The molecule has 6 heterocycles. The Hall–Kier alpha value is -3.29. The number of hydrogen-bond acceptors (Lipinski definition) is 41. The highest BCUT2D eigenvalue weighted by atomic mass is 32.3. The first-order valence-corrected chi connectivity index (χ1v) is 35.4. The highest BCUT2D eigenvalue weighted by Crippen LogP contribution is 2.39. The van der Waals surface area contributed by atoms with Crippen LogP contribution in [0.5, 0.6) is 0 Å². The first-order valence-electron chi connectivity index (χ1n) is 27.0. The van der Waals surface area contributed by atoms with E-state index in [9.17, 15) is 159 Å². The number of rotatable bonds is 32. The third kappa shape index (κ3) is 21.7. The van der Waals surface area contributed by atoms with Crippen molar-refractivity contribution in [2.75, 3.05) is 33.0 Å². The number of hydrogen-bond donors (Lipinski definition) is 23. The van der Waals surface area contributed by atoms with Gasteiger partial charge < -0.3 is 129 Å². The van der Waals surface area contributed by atoms with E-state index in [1.165, 1.54) is 14.2 Å². The molecule has 59 heteroatoms. The van der Waals surface area contributed by atoms with Gasteiger partial charge >= 0.3 is 80.0 Å². The lowest BCUT2D eigenvalue weighted by Crippen LogP contribution is -2.71. The van der Waals surface area contributed by atoms with Crippen molar-refractivity contribution in [3.63, 3.8) is 0 Å². The minimum absolute atomic E-state index is 0.0383. The van der Waals surface area contributed by atoms with Crippen molar-refractivity contribution in [1.29, 1.82) is 0 Å². The molecule has 0 unspecified atom stereocenters. The number of carboxylic acids is 3. The lowest BCUT2D eigenvalue weighted by Gasteiger charge is -2.50. The largest absolute Gasteiger partial charge is 0.479 e. The molecule has 6 rings (SSSR count). The zero-order valence-corrected chi connectivity index (χ0v) is 53.2. The predicted molar refractivity (Wildman–Crippen MR) is 287 cm³/mol. The van der Waals surface area contributed by atoms with E-state index < -0.39 is 290 Å². The molecule has 0 spiro atoms. The quantitative estimate of drug-likeness (QED) is 0.0220. The number of aliphatic hydroxyl groups excluding tert-OH is 10. The standard InChI is InChI=1S/C39H66N4O49S6/c40-2-1-3-78-37-25(90-96(69,70)71)17(51)22(28(87-37)31(54)55)85-35-11(42-94(63,64)65)15(49)20(8(5-45)80-35)83-39-27(92-98(75,76)77)19(53)24(30(89-39)33(58)59)86-36-12(43-95(66,67)68)16(50)21(9(6-46)81-36)82-38-26(91-97(72,73)74)18(52)23(29(88-38)32(56)57)84-34-10(41-93(60,61)62)14(48)13(47)7(4-44)79-34/h7-30,34-39,41-53H,1-6,40H2,(H,54,55)(H,56,57)(H,58,59)(H,60,61,62)(H,63,64,65)(H,66,67,68)(H,69,70,71)(H,72,73,74)(H,75,76,77)/t7-,8-,9-,10-,11-,12-,13-,14-,15-,16-,17+,18+,19+,20-,21-,22+,23+,24+,25-,26-,27-,28-,29+,30-,34-,35-,36-,37-,38-,39-/m1/s1. The summed E-state index contributed by atoms with van der Waals surface area (Å²) in [5.74, 6) is -6.83. The SMILES string of the molecule is NCCCO[C@@H]1O[C@@H](C(=O)O)[C@@H](O[C@H]2O[C@H](CO)[C@@H](O[C@@H]3O[C@@H](C(=O)O)[C@@H](O[C@H]4O[C@H](CO)[C@@H](O[C@@H]5O[C@H](C(=O)O)[C@@H](O[C@H]6O[C@H](CO)[C@@H](O)[C@H](O)[C@H]6NS(=O)(=O)O)[C@H](O)[C@H]5OS(=O)(=O)O)[C@H](O)[C@H]4NS(=O)(=O)O)[C@H](O)[C@H]3OS(=O)(=O)O)[C@H](O)[C@H]2NS(=O)(=O)O)[C@H](O)[C@H]1OS(=O)(=O)O. The first kappa shape index (κ1) is 83.7. The number of carbonyl (C=O) groups is 3. The predicted octanol–water partition coefficient (Wildman–Crippen LogP) is -15.8. The summed E-state index contributed by atoms with van der Waals surface area (Å²) in [7, 11) is -34.9. The molecule has 30 atom stereocenters. The lowest BCUT2D eigenvalue weighted by atomic mass is 9.94. The molecule has 6 aliphatic rings. The Morgan fingerprint density at radius 2 is 0.633 bits per heavy atom. The van der Waals surface area contributed by atoms with Crippen molar-refractivity contribution in [2.45, 2.75) is 190 Å². The van der Waals surface area contributed by atoms with Crippen molar-refractivity contribution in [2.24, 2.45) is 5.73 Å². The van der Waals surface area contributed by atoms with E-state index in [4.69, 9.17) is 62.6 Å². The lowest BCUT2D eigenvalue weighted by molar-refractivity contribution is -0.376. The maximum atomic E-state index is 13.1. The van der Waals surface area contributed by atoms with Gasteiger partial charge in [0.1, 0.15) is 110 Å². The summed E-state index contributed by atoms with van der Waals surface area (Å²) in [6, 6.07) is -8.08. The van der Waals surface area contributed by atoms with Crippen molar-refractivity contribution >= 4 is 80.0 Å². The van der Waals surface area contributed by atoms with Crippen LogP contribution in [0.25, 0.3) is 0 Å². The van der Waals surface area contributed by atoms with E-state index in [0.717, 1.165) is 0 Å². The Morgan fingerprint density at radius 3 is 0.908 bits per heavy atom. The van der Waals surface area contributed by atoms with Gasteiger partial charge in [-0.05, 0) is 13.0 Å². The summed E-state index contributed by atoms with van der Waals surface area (Å²) >= 11 is 0. The average molecular weight is 1570 g/mol. The molecule has 0 radical (unpaired) electrons. The Balaban J connectivity index is 1.32. The van der Waals surface area contributed by atoms with Crippen LogP contribution in [0.1, 0.15) is 6.42 Å². The van der Waals surface area contributed by atoms with Gasteiger partial charge in [-0.15, -0.1) is 0 Å². The van der Waals surface area contributed by atoms with Crippen molar-refractivity contribution in [1.82, 2.24) is 14.2 Å². The van der Waals surface area contributed by atoms with Gasteiger partial charge in [-0.3, -0.25) is 27.3 Å². The number of aliphatic carboxylic acids is 3. The highest BCUT2D eigenvalue weighted by molar-refractivity contribution is 7.84. The average Bonchev–Trinajstić information content (AvgIpc) is 0.766. The number of carboxylic acid groups (broad SMARTS) is 3. The number of nitrogens with two attached hydrogens (primary N) is 1. The smallest absolute Gasteiger partial charge is 0.397 e. The number of aliphatic hydroxyl groups is 10. The molecule has 0 aromatic rings. The zero-order chi connectivity index (χ0) is 74.0. The molecular formula is C39H66N4O49S6. The fraction of sp³-hybridized carbons (Fsp3) is 0.923. The second-order valence-electron chi connectivity index (χ2n) is 21.2. The Labute approximate surface area is 549 Å². The summed E-state index contributed by atoms with van der Waals surface area (Å²) in [5.41, 5.74) is 5.40. The summed E-state index contributed by atoms with van der Waals surface area (Å²) in [6.07, 6.45) is -73.9. The van der Waals surface area contributed by atoms with E-state index in [1.807, 2.05) is 0 Å². The van der Waals surface area contributed by atoms with Crippen LogP contribution in [-0.4, -0.2) is 379 Å². The van der Waals surface area contributed by atoms with Crippen molar-refractivity contribution in [3.8, 4) is 0 Å². The van der Waals surface area contributed by atoms with Gasteiger partial charge in [0, 0.05) is 0 Å².